The standard InChI is InChI=1S/C8H5Br2F3O/c9-5-3-1-2-4(6(5)10)7(14)8(11,12)13/h1-3,7,14H. The molecular weight excluding hydrogens is 329 g/mol. The minimum absolute atomic E-state index is 0.202. The number of hydrogen-bond donors (Lipinski definition) is 1. The molecule has 1 N–H and O–H groups in total. The first-order valence-corrected chi connectivity index (χ1v) is 5.11. The Hall–Kier alpha value is -0.0700. The second-order valence-corrected chi connectivity index (χ2v) is 4.23. The van der Waals surface area contributed by atoms with E-state index in [0.29, 0.717) is 4.47 Å². The summed E-state index contributed by atoms with van der Waals surface area (Å²) in [7, 11) is 0. The molecule has 0 heterocycles. The highest BCUT2D eigenvalue weighted by Gasteiger charge is 2.40. The highest BCUT2D eigenvalue weighted by molar-refractivity contribution is 9.13. The molecule has 1 rings (SSSR count). The predicted octanol–water partition coefficient (Wildman–Crippen LogP) is 3.81. The number of aliphatic hydroxyl groups is 1. The number of halogens is 5. The number of rotatable bonds is 1. The summed E-state index contributed by atoms with van der Waals surface area (Å²) >= 11 is 6.02. The van der Waals surface area contributed by atoms with Crippen LogP contribution in [0.3, 0.4) is 0 Å². The molecule has 0 fully saturated rings. The van der Waals surface area contributed by atoms with E-state index in [-0.39, 0.29) is 10.0 Å². The zero-order chi connectivity index (χ0) is 10.9. The molecule has 0 aromatic heterocycles. The number of alkyl halides is 3. The van der Waals surface area contributed by atoms with E-state index in [9.17, 15) is 13.2 Å². The maximum Gasteiger partial charge on any atom is 0.418 e. The number of hydrogen-bond acceptors (Lipinski definition) is 1. The van der Waals surface area contributed by atoms with Gasteiger partial charge in [-0.3, -0.25) is 0 Å². The summed E-state index contributed by atoms with van der Waals surface area (Å²) in [5.41, 5.74) is -0.202. The molecule has 0 aliphatic carbocycles. The van der Waals surface area contributed by atoms with Crippen molar-refractivity contribution in [3.8, 4) is 0 Å². The van der Waals surface area contributed by atoms with Crippen LogP contribution in [0.2, 0.25) is 0 Å². The molecule has 0 aliphatic heterocycles. The van der Waals surface area contributed by atoms with Crippen LogP contribution >= 0.6 is 31.9 Å². The van der Waals surface area contributed by atoms with Crippen LogP contribution in [0.25, 0.3) is 0 Å². The SMILES string of the molecule is OC(c1cccc(Br)c1Br)C(F)(F)F. The van der Waals surface area contributed by atoms with E-state index in [1.807, 2.05) is 0 Å². The van der Waals surface area contributed by atoms with E-state index in [1.54, 1.807) is 6.07 Å². The lowest BCUT2D eigenvalue weighted by molar-refractivity contribution is -0.207. The maximum atomic E-state index is 12.2. The quantitative estimate of drug-likeness (QED) is 0.828. The second-order valence-electron chi connectivity index (χ2n) is 2.59. The summed E-state index contributed by atoms with van der Waals surface area (Å²) in [6.45, 7) is 0. The maximum absolute atomic E-state index is 12.2. The fraction of sp³-hybridized carbons (Fsp3) is 0.250. The third kappa shape index (κ3) is 2.49. The fourth-order valence-electron chi connectivity index (χ4n) is 0.908. The molecule has 0 radical (unpaired) electrons. The second kappa shape index (κ2) is 4.20. The Morgan fingerprint density at radius 3 is 2.29 bits per heavy atom. The molecule has 0 amide bonds. The van der Waals surface area contributed by atoms with Gasteiger partial charge < -0.3 is 5.11 Å². The number of aliphatic hydroxyl groups excluding tert-OH is 1. The van der Waals surface area contributed by atoms with Crippen molar-refractivity contribution in [2.45, 2.75) is 12.3 Å². The van der Waals surface area contributed by atoms with Gasteiger partial charge in [-0.15, -0.1) is 0 Å². The Labute approximate surface area is 95.2 Å². The van der Waals surface area contributed by atoms with E-state index in [4.69, 9.17) is 5.11 Å². The lowest BCUT2D eigenvalue weighted by Gasteiger charge is -2.16. The smallest absolute Gasteiger partial charge is 0.379 e. The largest absolute Gasteiger partial charge is 0.418 e. The summed E-state index contributed by atoms with van der Waals surface area (Å²) in [5.74, 6) is 0. The summed E-state index contributed by atoms with van der Waals surface area (Å²) in [6, 6.07) is 4.23. The highest BCUT2D eigenvalue weighted by Crippen LogP contribution is 2.38. The van der Waals surface area contributed by atoms with Crippen molar-refractivity contribution < 1.29 is 18.3 Å². The van der Waals surface area contributed by atoms with Gasteiger partial charge in [0.1, 0.15) is 0 Å². The van der Waals surface area contributed by atoms with Crippen molar-refractivity contribution in [1.82, 2.24) is 0 Å². The zero-order valence-electron chi connectivity index (χ0n) is 6.65. The first-order valence-electron chi connectivity index (χ1n) is 3.52. The molecule has 14 heavy (non-hydrogen) atoms. The number of benzene rings is 1. The molecule has 78 valence electrons. The molecule has 0 saturated carbocycles. The van der Waals surface area contributed by atoms with Crippen LogP contribution in [0.5, 0.6) is 0 Å². The summed E-state index contributed by atoms with van der Waals surface area (Å²) < 4.78 is 37.2. The third-order valence-electron chi connectivity index (χ3n) is 1.59. The highest BCUT2D eigenvalue weighted by atomic mass is 79.9. The van der Waals surface area contributed by atoms with Crippen LogP contribution < -0.4 is 0 Å². The molecule has 1 unspecified atom stereocenters. The van der Waals surface area contributed by atoms with Gasteiger partial charge in [-0.2, -0.15) is 13.2 Å². The Morgan fingerprint density at radius 2 is 1.79 bits per heavy atom. The van der Waals surface area contributed by atoms with Gasteiger partial charge in [-0.05, 0) is 37.9 Å². The normalized spacial score (nSPS) is 14.1. The van der Waals surface area contributed by atoms with E-state index in [1.165, 1.54) is 12.1 Å². The summed E-state index contributed by atoms with van der Waals surface area (Å²) in [4.78, 5) is 0. The molecule has 1 nitrogen and oxygen atoms in total. The molecule has 6 heteroatoms. The van der Waals surface area contributed by atoms with Gasteiger partial charge in [-0.1, -0.05) is 12.1 Å². The van der Waals surface area contributed by atoms with Crippen molar-refractivity contribution in [1.29, 1.82) is 0 Å². The fourth-order valence-corrected chi connectivity index (χ4v) is 1.77. The van der Waals surface area contributed by atoms with Crippen LogP contribution in [-0.2, 0) is 0 Å². The van der Waals surface area contributed by atoms with Crippen molar-refractivity contribution in [3.63, 3.8) is 0 Å². The van der Waals surface area contributed by atoms with Crippen LogP contribution in [0.1, 0.15) is 11.7 Å². The Kier molecular flexibility index (Phi) is 3.60. The van der Waals surface area contributed by atoms with E-state index >= 15 is 0 Å². The lowest BCUT2D eigenvalue weighted by Crippen LogP contribution is -2.20. The Balaban J connectivity index is 3.14. The van der Waals surface area contributed by atoms with Gasteiger partial charge >= 0.3 is 6.18 Å². The predicted molar refractivity (Wildman–Crippen MR) is 52.9 cm³/mol. The van der Waals surface area contributed by atoms with E-state index in [0.717, 1.165) is 0 Å². The van der Waals surface area contributed by atoms with Gasteiger partial charge in [0, 0.05) is 14.5 Å². The lowest BCUT2D eigenvalue weighted by atomic mass is 10.1. The van der Waals surface area contributed by atoms with Gasteiger partial charge in [0.25, 0.3) is 0 Å². The minimum Gasteiger partial charge on any atom is -0.379 e. The Bertz CT molecular complexity index is 338. The van der Waals surface area contributed by atoms with E-state index < -0.39 is 12.3 Å². The molecule has 1 atom stereocenters. The van der Waals surface area contributed by atoms with Crippen molar-refractivity contribution >= 4 is 31.9 Å². The van der Waals surface area contributed by atoms with Gasteiger partial charge in [0.05, 0.1) is 0 Å². The third-order valence-corrected chi connectivity index (χ3v) is 3.66. The Morgan fingerprint density at radius 1 is 1.21 bits per heavy atom. The van der Waals surface area contributed by atoms with Crippen molar-refractivity contribution in [2.75, 3.05) is 0 Å². The molecule has 1 aromatic rings. The first kappa shape index (κ1) is 12.0. The molecule has 0 aliphatic rings. The van der Waals surface area contributed by atoms with Crippen LogP contribution in [0, 0.1) is 0 Å². The zero-order valence-corrected chi connectivity index (χ0v) is 9.82. The minimum atomic E-state index is -4.65. The molecule has 0 spiro atoms. The van der Waals surface area contributed by atoms with Crippen LogP contribution in [-0.4, -0.2) is 11.3 Å². The molecule has 0 bridgehead atoms. The monoisotopic (exact) mass is 332 g/mol. The van der Waals surface area contributed by atoms with Gasteiger partial charge in [-0.25, -0.2) is 0 Å². The van der Waals surface area contributed by atoms with Crippen LogP contribution in [0.4, 0.5) is 13.2 Å². The van der Waals surface area contributed by atoms with Gasteiger partial charge in [0.15, 0.2) is 6.10 Å². The molecule has 0 saturated heterocycles. The summed E-state index contributed by atoms with van der Waals surface area (Å²) in [5, 5.41) is 8.99. The van der Waals surface area contributed by atoms with Crippen LogP contribution in [0.15, 0.2) is 27.1 Å². The first-order chi connectivity index (χ1) is 6.34. The van der Waals surface area contributed by atoms with Crippen molar-refractivity contribution in [2.24, 2.45) is 0 Å². The average Bonchev–Trinajstić information content (AvgIpc) is 2.07. The summed E-state index contributed by atoms with van der Waals surface area (Å²) in [6.07, 6.45) is -7.11. The van der Waals surface area contributed by atoms with Crippen molar-refractivity contribution in [3.05, 3.63) is 32.7 Å². The molecular formula is C8H5Br2F3O. The molecule has 1 aromatic carbocycles. The average molecular weight is 334 g/mol. The van der Waals surface area contributed by atoms with Gasteiger partial charge in [0.2, 0.25) is 0 Å². The van der Waals surface area contributed by atoms with E-state index in [2.05, 4.69) is 31.9 Å². The topological polar surface area (TPSA) is 20.2 Å².